The van der Waals surface area contributed by atoms with Crippen LogP contribution in [0.3, 0.4) is 0 Å². The number of hydrogen-bond donors (Lipinski definition) is 16. The number of amides is 7. The van der Waals surface area contributed by atoms with Crippen molar-refractivity contribution in [1.29, 1.82) is 0 Å². The molecule has 27 heteroatoms. The minimum Gasteiger partial charge on any atom is -0.481 e. The predicted molar refractivity (Wildman–Crippen MR) is 230 cm³/mol. The normalized spacial score (nSPS) is 15.2. The molecule has 27 nitrogen and oxygen atoms in total. The summed E-state index contributed by atoms with van der Waals surface area (Å²) in [5.41, 5.74) is 22.4. The second kappa shape index (κ2) is 30.8. The Hall–Kier alpha value is -6.19. The van der Waals surface area contributed by atoms with E-state index in [1.807, 2.05) is 12.2 Å². The van der Waals surface area contributed by atoms with Crippen molar-refractivity contribution in [2.45, 2.75) is 134 Å². The molecule has 0 aromatic heterocycles. The smallest absolute Gasteiger partial charge is 0.328 e. The number of rotatable bonds is 33. The molecular weight excluding hydrogens is 864 g/mol. The molecule has 0 rings (SSSR count). The Morgan fingerprint density at radius 3 is 1.45 bits per heavy atom. The monoisotopic (exact) mass is 932 g/mol. The van der Waals surface area contributed by atoms with E-state index >= 15 is 0 Å². The molecule has 9 atom stereocenters. The number of nitrogens with one attached hydrogen (secondary N) is 7. The van der Waals surface area contributed by atoms with Crippen molar-refractivity contribution in [2.24, 2.45) is 39.8 Å². The first-order chi connectivity index (χ1) is 30.4. The molecule has 0 aliphatic carbocycles. The van der Waals surface area contributed by atoms with Gasteiger partial charge in [-0.1, -0.05) is 34.1 Å². The standard InChI is InChI=1S/C38H68N12O15/c1-5-19(4)28(40)35(62)46-20(9-6-7-13-39)31(58)48-24(16-51)34(61)44-21(10-8-14-43-38(41)42)30(57)45-22(11-12-26(53)54)32(59)47-23(15-27(55)56)33(60)50-29(18(2)3)36(63)49-25(17-52)37(64)65/h18-25,28-29,51-52H,5-17,39-40H2,1-4H3,(H,44,61)(H,45,57)(H,46,62)(H,47,59)(H,48,58)(H,49,63)(H,50,60)(H,53,54)(H,55,56)(H,64,65)(H4,41,42,43)/t19-,20-,21-,22-,23-,24-,25-,28-,29-/m0/s1. The Kier molecular flexibility index (Phi) is 27.9. The number of aliphatic imine (C=N–C) groups is 1. The zero-order valence-electron chi connectivity index (χ0n) is 37.0. The summed E-state index contributed by atoms with van der Waals surface area (Å²) in [7, 11) is 0. The maximum Gasteiger partial charge on any atom is 0.328 e. The van der Waals surface area contributed by atoms with Crippen molar-refractivity contribution >= 4 is 65.2 Å². The van der Waals surface area contributed by atoms with Gasteiger partial charge in [0, 0.05) is 13.0 Å². The van der Waals surface area contributed by atoms with Crippen LogP contribution in [-0.4, -0.2) is 165 Å². The lowest BCUT2D eigenvalue weighted by Gasteiger charge is -2.28. The maximum absolute atomic E-state index is 13.8. The van der Waals surface area contributed by atoms with Gasteiger partial charge < -0.3 is 85.7 Å². The Balaban J connectivity index is 6.60. The molecule has 65 heavy (non-hydrogen) atoms. The largest absolute Gasteiger partial charge is 0.481 e. The number of aliphatic carboxylic acids is 3. The molecule has 0 aromatic rings. The fourth-order valence-electron chi connectivity index (χ4n) is 5.75. The summed E-state index contributed by atoms with van der Waals surface area (Å²) in [4.78, 5) is 132. The van der Waals surface area contributed by atoms with Crippen LogP contribution in [0.1, 0.15) is 85.5 Å². The van der Waals surface area contributed by atoms with E-state index in [1.54, 1.807) is 6.92 Å². The first kappa shape index (κ1) is 58.8. The van der Waals surface area contributed by atoms with Gasteiger partial charge in [0.15, 0.2) is 5.96 Å². The van der Waals surface area contributed by atoms with Gasteiger partial charge in [0.2, 0.25) is 41.4 Å². The van der Waals surface area contributed by atoms with E-state index in [9.17, 15) is 73.5 Å². The molecule has 0 aliphatic rings. The maximum atomic E-state index is 13.8. The highest BCUT2D eigenvalue weighted by atomic mass is 16.4. The number of aliphatic hydroxyl groups excluding tert-OH is 2. The van der Waals surface area contributed by atoms with Crippen LogP contribution >= 0.6 is 0 Å². The van der Waals surface area contributed by atoms with Crippen LogP contribution in [0, 0.1) is 11.8 Å². The molecule has 0 saturated carbocycles. The van der Waals surface area contributed by atoms with Crippen LogP contribution < -0.4 is 60.2 Å². The van der Waals surface area contributed by atoms with Gasteiger partial charge in [-0.25, -0.2) is 4.79 Å². The van der Waals surface area contributed by atoms with E-state index in [0.717, 1.165) is 0 Å². The number of nitrogens with zero attached hydrogens (tertiary/aromatic N) is 1. The van der Waals surface area contributed by atoms with Crippen molar-refractivity contribution in [2.75, 3.05) is 26.3 Å². The van der Waals surface area contributed by atoms with E-state index in [2.05, 4.69) is 36.9 Å². The average molecular weight is 933 g/mol. The molecule has 0 unspecified atom stereocenters. The van der Waals surface area contributed by atoms with Gasteiger partial charge in [0.25, 0.3) is 0 Å². The second-order valence-electron chi connectivity index (χ2n) is 15.5. The Morgan fingerprint density at radius 2 is 1.00 bits per heavy atom. The topological polar surface area (TPSA) is 472 Å². The molecule has 370 valence electrons. The van der Waals surface area contributed by atoms with Crippen LogP contribution in [0.25, 0.3) is 0 Å². The molecular formula is C38H68N12O15. The Morgan fingerprint density at radius 1 is 0.554 bits per heavy atom. The van der Waals surface area contributed by atoms with Gasteiger partial charge in [-0.15, -0.1) is 0 Å². The Bertz CT molecular complexity index is 1660. The third-order valence-electron chi connectivity index (χ3n) is 9.87. The first-order valence-corrected chi connectivity index (χ1v) is 21.0. The lowest BCUT2D eigenvalue weighted by molar-refractivity contribution is -0.144. The lowest BCUT2D eigenvalue weighted by atomic mass is 9.98. The molecule has 20 N–H and O–H groups in total. The predicted octanol–water partition coefficient (Wildman–Crippen LogP) is -6.00. The van der Waals surface area contributed by atoms with E-state index in [-0.39, 0.29) is 44.2 Å². The summed E-state index contributed by atoms with van der Waals surface area (Å²) in [5, 5.41) is 63.6. The highest BCUT2D eigenvalue weighted by Gasteiger charge is 2.36. The molecule has 0 aliphatic heterocycles. The van der Waals surface area contributed by atoms with Gasteiger partial charge in [-0.05, 0) is 56.9 Å². The van der Waals surface area contributed by atoms with Gasteiger partial charge in [-0.3, -0.25) is 48.1 Å². The van der Waals surface area contributed by atoms with Crippen LogP contribution in [0.2, 0.25) is 0 Å². The number of carboxylic acids is 3. The summed E-state index contributed by atoms with van der Waals surface area (Å²) in [5.74, 6) is -13.3. The summed E-state index contributed by atoms with van der Waals surface area (Å²) >= 11 is 0. The summed E-state index contributed by atoms with van der Waals surface area (Å²) in [6.45, 7) is 4.64. The zero-order chi connectivity index (χ0) is 50.0. The third kappa shape index (κ3) is 22.8. The van der Waals surface area contributed by atoms with Gasteiger partial charge >= 0.3 is 17.9 Å². The van der Waals surface area contributed by atoms with Crippen LogP contribution in [0.4, 0.5) is 0 Å². The minimum atomic E-state index is -1.97. The second-order valence-corrected chi connectivity index (χ2v) is 15.5. The quantitative estimate of drug-likeness (QED) is 0.0165. The van der Waals surface area contributed by atoms with Crippen molar-refractivity contribution in [3.63, 3.8) is 0 Å². The number of aliphatic hydroxyl groups is 2. The van der Waals surface area contributed by atoms with E-state index in [1.165, 1.54) is 13.8 Å². The number of carbonyl (C=O) groups is 10. The molecule has 0 heterocycles. The fraction of sp³-hybridized carbons (Fsp3) is 0.711. The molecule has 0 aromatic carbocycles. The van der Waals surface area contributed by atoms with Crippen LogP contribution in [-0.2, 0) is 47.9 Å². The number of hydrogen-bond acceptors (Lipinski definition) is 15. The average Bonchev–Trinajstić information content (AvgIpc) is 3.23. The first-order valence-electron chi connectivity index (χ1n) is 21.0. The summed E-state index contributed by atoms with van der Waals surface area (Å²) < 4.78 is 0. The molecule has 7 amide bonds. The lowest BCUT2D eigenvalue weighted by Crippen LogP contribution is -2.61. The van der Waals surface area contributed by atoms with Crippen molar-refractivity contribution in [1.82, 2.24) is 37.2 Å². The molecule has 0 radical (unpaired) electrons. The van der Waals surface area contributed by atoms with Gasteiger partial charge in [-0.2, -0.15) is 0 Å². The Labute approximate surface area is 375 Å². The SMILES string of the molecule is CC[C@H](C)[C@H](N)C(=O)N[C@@H](CCCCN)C(=O)N[C@@H](CO)C(=O)N[C@@H](CCCN=C(N)N)C(=O)N[C@@H](CCC(=O)O)C(=O)N[C@@H](CC(=O)O)C(=O)N[C@H](C(=O)N[C@@H](CO)C(=O)O)C(C)C. The molecule has 0 spiro atoms. The minimum absolute atomic E-state index is 0.00105. The van der Waals surface area contributed by atoms with Crippen LogP contribution in [0.15, 0.2) is 4.99 Å². The molecule has 0 saturated heterocycles. The number of carboxylic acid groups (broad SMARTS) is 3. The zero-order valence-corrected chi connectivity index (χ0v) is 37.0. The van der Waals surface area contributed by atoms with E-state index in [0.29, 0.717) is 19.3 Å². The molecule has 0 fully saturated rings. The molecule has 0 bridgehead atoms. The third-order valence-corrected chi connectivity index (χ3v) is 9.87. The number of guanidine groups is 1. The van der Waals surface area contributed by atoms with Crippen molar-refractivity contribution < 1.29 is 73.5 Å². The van der Waals surface area contributed by atoms with Crippen molar-refractivity contribution in [3.05, 3.63) is 0 Å². The summed E-state index contributed by atoms with van der Waals surface area (Å²) in [6, 6.07) is -12.6. The van der Waals surface area contributed by atoms with Gasteiger partial charge in [0.1, 0.15) is 42.3 Å². The number of nitrogens with two attached hydrogens (primary N) is 4. The summed E-state index contributed by atoms with van der Waals surface area (Å²) in [6.07, 6.45) is -1.26. The highest BCUT2D eigenvalue weighted by molar-refractivity contribution is 5.98. The number of carbonyl (C=O) groups excluding carboxylic acids is 7. The van der Waals surface area contributed by atoms with Crippen LogP contribution in [0.5, 0.6) is 0 Å². The van der Waals surface area contributed by atoms with Crippen molar-refractivity contribution in [3.8, 4) is 0 Å². The fourth-order valence-corrected chi connectivity index (χ4v) is 5.75. The van der Waals surface area contributed by atoms with E-state index < -0.39 is 146 Å². The highest BCUT2D eigenvalue weighted by Crippen LogP contribution is 2.10. The van der Waals surface area contributed by atoms with Gasteiger partial charge in [0.05, 0.1) is 25.7 Å². The van der Waals surface area contributed by atoms with E-state index in [4.69, 9.17) is 22.9 Å². The number of unbranched alkanes of at least 4 members (excludes halogenated alkanes) is 1.